The van der Waals surface area contributed by atoms with Crippen LogP contribution in [0.5, 0.6) is 0 Å². The van der Waals surface area contributed by atoms with E-state index in [-0.39, 0.29) is 116 Å². The van der Waals surface area contributed by atoms with Crippen molar-refractivity contribution in [2.75, 3.05) is 6.61 Å². The van der Waals surface area contributed by atoms with Crippen LogP contribution in [0.2, 0.25) is 0 Å². The molecule has 346 valence electrons. The highest BCUT2D eigenvalue weighted by Gasteiger charge is 2.56. The number of fused-ring (bicyclic) bond motifs is 7. The summed E-state index contributed by atoms with van der Waals surface area (Å²) in [5.74, 6) is 25.8. The second kappa shape index (κ2) is 23.6. The number of carbonyl (C=O) groups excluding carboxylic acids is 2. The van der Waals surface area contributed by atoms with E-state index in [2.05, 4.69) is 86.2 Å². The van der Waals surface area contributed by atoms with Gasteiger partial charge in [-0.25, -0.2) is 0 Å². The fraction of sp³-hybridized carbons (Fsp3) is 0.698. The first-order valence-corrected chi connectivity index (χ1v) is 23.4. The Kier molecular flexibility index (Phi) is 18.3. The molecule has 18 atom stereocenters. The van der Waals surface area contributed by atoms with Crippen molar-refractivity contribution >= 4 is 11.6 Å². The van der Waals surface area contributed by atoms with Crippen molar-refractivity contribution < 1.29 is 53.3 Å². The Bertz CT molecular complexity index is 1960. The number of hydrogen-bond donors (Lipinski definition) is 3. The maximum atomic E-state index is 13.8. The first-order valence-electron chi connectivity index (χ1n) is 23.4. The summed E-state index contributed by atoms with van der Waals surface area (Å²) in [5, 5.41) is 31.5. The Morgan fingerprint density at radius 1 is 0.625 bits per heavy atom. The minimum atomic E-state index is -0.922. The molecule has 7 fully saturated rings. The number of hydrogen-bond acceptors (Lipinski definition) is 11. The minimum absolute atomic E-state index is 0.0158. The molecular formula is C53H68O11. The second-order valence-electron chi connectivity index (χ2n) is 18.8. The van der Waals surface area contributed by atoms with E-state index in [9.17, 15) is 24.9 Å². The standard InChI is InChI=1S/C41H62O11.C12H6/c1-20-12-29-8-10-32-21(2)13-28(47-32)7-6-25(43)16-35-24(5)39-41(52-35)38(46)40-33(51-39)11-9-30(49-40)14-26(44)15-31-23(4)34(17-27(45)19-42)50-37(31)18-36(48-29)22(20)3;1-3-5-7-9-11-12-10-8-6-4-2/h20,23-24,27-42,45-46H,2-3,6-19H2,1,4-5H3;1-2H3/t20-,23-,24+,27+,28+,29+,30?,31-,32?,33+,34-,35?,36?,37+,38+,39+,40+,41+;/m1./s1. The zero-order valence-corrected chi connectivity index (χ0v) is 38.3. The monoisotopic (exact) mass is 880 g/mol. The van der Waals surface area contributed by atoms with Crippen molar-refractivity contribution in [3.8, 4) is 59.2 Å². The number of ether oxygens (including phenoxy) is 6. The van der Waals surface area contributed by atoms with Crippen LogP contribution >= 0.6 is 0 Å². The van der Waals surface area contributed by atoms with Crippen molar-refractivity contribution in [3.05, 3.63) is 24.3 Å². The maximum Gasteiger partial charge on any atom is 0.135 e. The van der Waals surface area contributed by atoms with Crippen LogP contribution in [0.15, 0.2) is 24.3 Å². The van der Waals surface area contributed by atoms with Gasteiger partial charge >= 0.3 is 0 Å². The van der Waals surface area contributed by atoms with Gasteiger partial charge in [0.25, 0.3) is 0 Å². The Hall–Kier alpha value is -3.74. The molecule has 0 spiro atoms. The van der Waals surface area contributed by atoms with Crippen LogP contribution in [0.1, 0.15) is 118 Å². The zero-order chi connectivity index (χ0) is 45.9. The fourth-order valence-corrected chi connectivity index (χ4v) is 10.7. The average Bonchev–Trinajstić information content (AvgIpc) is 3.89. The van der Waals surface area contributed by atoms with Crippen molar-refractivity contribution in [1.29, 1.82) is 0 Å². The van der Waals surface area contributed by atoms with Gasteiger partial charge in [0.15, 0.2) is 0 Å². The third-order valence-corrected chi connectivity index (χ3v) is 14.4. The molecule has 8 bridgehead atoms. The van der Waals surface area contributed by atoms with Gasteiger partial charge in [-0.2, -0.15) is 0 Å². The third-order valence-electron chi connectivity index (χ3n) is 14.4. The maximum absolute atomic E-state index is 13.8. The molecule has 7 rings (SSSR count). The van der Waals surface area contributed by atoms with E-state index >= 15 is 0 Å². The second-order valence-corrected chi connectivity index (χ2v) is 18.8. The number of aliphatic hydroxyl groups is 3. The third kappa shape index (κ3) is 12.8. The van der Waals surface area contributed by atoms with E-state index in [1.54, 1.807) is 13.8 Å². The van der Waals surface area contributed by atoms with Crippen molar-refractivity contribution in [2.24, 2.45) is 23.7 Å². The highest BCUT2D eigenvalue weighted by molar-refractivity contribution is 5.79. The van der Waals surface area contributed by atoms with Crippen LogP contribution in [0, 0.1) is 82.9 Å². The van der Waals surface area contributed by atoms with Gasteiger partial charge in [-0.15, -0.1) is 0 Å². The lowest BCUT2D eigenvalue weighted by molar-refractivity contribution is -0.256. The molecule has 7 aliphatic rings. The summed E-state index contributed by atoms with van der Waals surface area (Å²) in [6, 6.07) is 0. The van der Waals surface area contributed by atoms with Crippen molar-refractivity contribution in [1.82, 2.24) is 0 Å². The van der Waals surface area contributed by atoms with E-state index in [4.69, 9.17) is 28.4 Å². The van der Waals surface area contributed by atoms with E-state index in [1.165, 1.54) is 0 Å². The fourth-order valence-electron chi connectivity index (χ4n) is 10.7. The lowest BCUT2D eigenvalue weighted by Gasteiger charge is -2.46. The molecule has 11 nitrogen and oxygen atoms in total. The number of Topliss-reactive ketones (excluding diaryl/α,β-unsaturated/α-hetero) is 2. The predicted octanol–water partition coefficient (Wildman–Crippen LogP) is 5.21. The number of rotatable bonds is 3. The van der Waals surface area contributed by atoms with Gasteiger partial charge in [0.1, 0.15) is 29.9 Å². The quantitative estimate of drug-likeness (QED) is 0.254. The molecular weight excluding hydrogens is 813 g/mol. The lowest BCUT2D eigenvalue weighted by atomic mass is 9.78. The van der Waals surface area contributed by atoms with E-state index in [0.717, 1.165) is 36.8 Å². The minimum Gasteiger partial charge on any atom is -0.394 e. The molecule has 7 saturated heterocycles. The molecule has 0 radical (unpaired) electrons. The molecule has 0 aromatic heterocycles. The summed E-state index contributed by atoms with van der Waals surface area (Å²) < 4.78 is 39.1. The highest BCUT2D eigenvalue weighted by atomic mass is 16.6. The molecule has 11 heteroatoms. The molecule has 0 amide bonds. The molecule has 0 aromatic carbocycles. The van der Waals surface area contributed by atoms with Crippen LogP contribution < -0.4 is 0 Å². The topological polar surface area (TPSA) is 150 Å². The Morgan fingerprint density at radius 3 is 1.95 bits per heavy atom. The van der Waals surface area contributed by atoms with Gasteiger partial charge < -0.3 is 43.7 Å². The molecule has 3 N–H and O–H groups in total. The molecule has 0 aromatic rings. The number of aliphatic hydroxyl groups excluding tert-OH is 3. The van der Waals surface area contributed by atoms with Gasteiger partial charge in [0.05, 0.1) is 73.8 Å². The smallest absolute Gasteiger partial charge is 0.135 e. The Morgan fingerprint density at radius 2 is 1.27 bits per heavy atom. The summed E-state index contributed by atoms with van der Waals surface area (Å²) in [5.41, 5.74) is 2.10. The van der Waals surface area contributed by atoms with E-state index in [0.29, 0.717) is 44.9 Å². The summed E-state index contributed by atoms with van der Waals surface area (Å²) in [7, 11) is 0. The van der Waals surface area contributed by atoms with Gasteiger partial charge in [0, 0.05) is 44.4 Å². The molecule has 0 aliphatic carbocycles. The van der Waals surface area contributed by atoms with Crippen LogP contribution in [0.25, 0.3) is 0 Å². The first kappa shape index (κ1) is 49.7. The predicted molar refractivity (Wildman–Crippen MR) is 241 cm³/mol. The average molecular weight is 881 g/mol. The molecule has 7 aliphatic heterocycles. The van der Waals surface area contributed by atoms with Crippen molar-refractivity contribution in [2.45, 2.75) is 204 Å². The molecule has 64 heavy (non-hydrogen) atoms. The van der Waals surface area contributed by atoms with Crippen LogP contribution in [-0.4, -0.2) is 119 Å². The molecule has 7 heterocycles. The molecule has 4 unspecified atom stereocenters. The summed E-state index contributed by atoms with van der Waals surface area (Å²) in [4.78, 5) is 27.1. The largest absolute Gasteiger partial charge is 0.394 e. The lowest BCUT2D eigenvalue weighted by Crippen LogP contribution is -2.60. The van der Waals surface area contributed by atoms with Crippen molar-refractivity contribution in [3.63, 3.8) is 0 Å². The summed E-state index contributed by atoms with van der Waals surface area (Å²) >= 11 is 0. The zero-order valence-electron chi connectivity index (χ0n) is 38.3. The normalized spacial score (nSPS) is 40.0. The van der Waals surface area contributed by atoms with Crippen LogP contribution in [0.3, 0.4) is 0 Å². The highest BCUT2D eigenvalue weighted by Crippen LogP contribution is 2.45. The SMILES string of the molecule is C=C1C[C@@H]2CCC(=O)CC3O[C@H]4[C@@H](O)[C@H]5OC(CC[C@@H]5O[C@H]4[C@H]3C)CC(=O)C[C@@H]3[C@@H](C)[C@@H](C[C@H](O)CO)O[C@H]3CC3O[C@@H](CCC1O2)C[C@@H](C)C3=C.CC#CC#CC#CC#CC#CC. The number of ketones is 2. The van der Waals surface area contributed by atoms with Gasteiger partial charge in [-0.1, -0.05) is 45.8 Å². The van der Waals surface area contributed by atoms with Gasteiger partial charge in [-0.3, -0.25) is 9.59 Å². The number of carbonyl (C=O) groups is 2. The molecule has 0 saturated carbocycles. The van der Waals surface area contributed by atoms with E-state index in [1.807, 2.05) is 6.92 Å². The van der Waals surface area contributed by atoms with E-state index < -0.39 is 24.4 Å². The Labute approximate surface area is 381 Å². The summed E-state index contributed by atoms with van der Waals surface area (Å²) in [6.07, 6.45) is 1.93. The van der Waals surface area contributed by atoms with Gasteiger partial charge in [-0.05, 0) is 135 Å². The van der Waals surface area contributed by atoms with Gasteiger partial charge in [0.2, 0.25) is 0 Å². The summed E-state index contributed by atoms with van der Waals surface area (Å²) in [6.45, 7) is 18.2. The van der Waals surface area contributed by atoms with Crippen LogP contribution in [-0.2, 0) is 38.0 Å². The Balaban J connectivity index is 0.000000497. The van der Waals surface area contributed by atoms with Crippen LogP contribution in [0.4, 0.5) is 0 Å². The first-order chi connectivity index (χ1) is 30.8.